The lowest BCUT2D eigenvalue weighted by Crippen LogP contribution is -2.38. The molecule has 0 radical (unpaired) electrons. The first-order chi connectivity index (χ1) is 11.5. The average molecular weight is 348 g/mol. The molecule has 130 valence electrons. The van der Waals surface area contributed by atoms with E-state index in [1.165, 1.54) is 11.3 Å². The Morgan fingerprint density at radius 2 is 2.00 bits per heavy atom. The van der Waals surface area contributed by atoms with Crippen molar-refractivity contribution in [3.8, 4) is 0 Å². The van der Waals surface area contributed by atoms with Gasteiger partial charge >= 0.3 is 6.03 Å². The minimum absolute atomic E-state index is 0.0486. The SMILES string of the molecule is CCC(CCO)NC(=O)Nc1nnc(C(C)(C)c2ccccc2)s1. The summed E-state index contributed by atoms with van der Waals surface area (Å²) < 4.78 is 0. The van der Waals surface area contributed by atoms with Crippen molar-refractivity contribution in [3.05, 3.63) is 40.9 Å². The molecule has 1 aromatic carbocycles. The standard InChI is InChI=1S/C17H24N4O2S/c1-4-13(10-11-22)18-15(23)19-16-21-20-14(24-16)17(2,3)12-8-6-5-7-9-12/h5-9,13,22H,4,10-11H2,1-3H3,(H2,18,19,21,23). The number of aliphatic hydroxyl groups excluding tert-OH is 1. The molecule has 1 heterocycles. The van der Waals surface area contributed by atoms with Crippen LogP contribution in [0.15, 0.2) is 30.3 Å². The molecule has 0 bridgehead atoms. The summed E-state index contributed by atoms with van der Waals surface area (Å²) in [6.07, 6.45) is 1.29. The maximum atomic E-state index is 12.0. The van der Waals surface area contributed by atoms with Crippen LogP contribution >= 0.6 is 11.3 Å². The predicted octanol–water partition coefficient (Wildman–Crippen LogP) is 3.15. The summed E-state index contributed by atoms with van der Waals surface area (Å²) in [5.41, 5.74) is 0.865. The zero-order chi connectivity index (χ0) is 17.6. The van der Waals surface area contributed by atoms with Crippen LogP contribution in [0.4, 0.5) is 9.93 Å². The number of hydrogen-bond donors (Lipinski definition) is 3. The molecule has 2 aromatic rings. The molecule has 0 saturated heterocycles. The normalized spacial score (nSPS) is 12.7. The second-order valence-electron chi connectivity index (χ2n) is 6.12. The maximum absolute atomic E-state index is 12.0. The van der Waals surface area contributed by atoms with E-state index in [0.717, 1.165) is 17.0 Å². The number of nitrogens with one attached hydrogen (secondary N) is 2. The molecule has 24 heavy (non-hydrogen) atoms. The third-order valence-corrected chi connectivity index (χ3v) is 5.14. The van der Waals surface area contributed by atoms with Crippen LogP contribution in [0.5, 0.6) is 0 Å². The van der Waals surface area contributed by atoms with Crippen LogP contribution in [0.2, 0.25) is 0 Å². The number of urea groups is 1. The molecule has 7 heteroatoms. The van der Waals surface area contributed by atoms with Gasteiger partial charge in [-0.3, -0.25) is 5.32 Å². The molecule has 6 nitrogen and oxygen atoms in total. The van der Waals surface area contributed by atoms with Crippen molar-refractivity contribution in [2.45, 2.75) is 45.1 Å². The lowest BCUT2D eigenvalue weighted by atomic mass is 9.85. The van der Waals surface area contributed by atoms with E-state index >= 15 is 0 Å². The van der Waals surface area contributed by atoms with Crippen molar-refractivity contribution >= 4 is 22.5 Å². The van der Waals surface area contributed by atoms with Crippen molar-refractivity contribution in [2.24, 2.45) is 0 Å². The Labute approximate surface area is 146 Å². The highest BCUT2D eigenvalue weighted by Crippen LogP contribution is 2.34. The van der Waals surface area contributed by atoms with Crippen molar-refractivity contribution in [3.63, 3.8) is 0 Å². The molecular weight excluding hydrogens is 324 g/mol. The number of benzene rings is 1. The van der Waals surface area contributed by atoms with Crippen LogP contribution in [0, 0.1) is 0 Å². The van der Waals surface area contributed by atoms with Gasteiger partial charge in [-0.15, -0.1) is 10.2 Å². The Balaban J connectivity index is 2.04. The summed E-state index contributed by atoms with van der Waals surface area (Å²) in [7, 11) is 0. The largest absolute Gasteiger partial charge is 0.396 e. The van der Waals surface area contributed by atoms with Crippen LogP contribution in [-0.2, 0) is 5.41 Å². The fraction of sp³-hybridized carbons (Fsp3) is 0.471. The van der Waals surface area contributed by atoms with Crippen molar-refractivity contribution in [1.29, 1.82) is 0 Å². The van der Waals surface area contributed by atoms with Gasteiger partial charge in [-0.1, -0.05) is 48.6 Å². The van der Waals surface area contributed by atoms with E-state index in [1.54, 1.807) is 0 Å². The number of aromatic nitrogens is 2. The van der Waals surface area contributed by atoms with Gasteiger partial charge in [0, 0.05) is 18.1 Å². The minimum Gasteiger partial charge on any atom is -0.396 e. The summed E-state index contributed by atoms with van der Waals surface area (Å²) in [4.78, 5) is 12.0. The van der Waals surface area contributed by atoms with Gasteiger partial charge in [-0.2, -0.15) is 0 Å². The molecule has 2 amide bonds. The fourth-order valence-electron chi connectivity index (χ4n) is 2.36. The monoisotopic (exact) mass is 348 g/mol. The van der Waals surface area contributed by atoms with E-state index in [2.05, 4.69) is 46.8 Å². The quantitative estimate of drug-likeness (QED) is 0.717. The van der Waals surface area contributed by atoms with Gasteiger partial charge in [0.25, 0.3) is 0 Å². The molecule has 1 atom stereocenters. The number of anilines is 1. The Morgan fingerprint density at radius 1 is 1.29 bits per heavy atom. The van der Waals surface area contributed by atoms with Gasteiger partial charge in [0.15, 0.2) is 0 Å². The number of amides is 2. The third kappa shape index (κ3) is 4.52. The number of aliphatic hydroxyl groups is 1. The summed E-state index contributed by atoms with van der Waals surface area (Å²) in [6.45, 7) is 6.18. The zero-order valence-corrected chi connectivity index (χ0v) is 15.1. The highest BCUT2D eigenvalue weighted by molar-refractivity contribution is 7.15. The van der Waals surface area contributed by atoms with Crippen LogP contribution in [-0.4, -0.2) is 34.0 Å². The molecule has 0 aliphatic carbocycles. The lowest BCUT2D eigenvalue weighted by Gasteiger charge is -2.21. The third-order valence-electron chi connectivity index (χ3n) is 3.98. The van der Waals surface area contributed by atoms with Crippen molar-refractivity contribution in [2.75, 3.05) is 11.9 Å². The van der Waals surface area contributed by atoms with Gasteiger partial charge in [0.2, 0.25) is 5.13 Å². The molecule has 0 fully saturated rings. The lowest BCUT2D eigenvalue weighted by molar-refractivity contribution is 0.237. The molecule has 0 aliphatic rings. The molecule has 3 N–H and O–H groups in total. The highest BCUT2D eigenvalue weighted by Gasteiger charge is 2.27. The highest BCUT2D eigenvalue weighted by atomic mass is 32.1. The number of carbonyl (C=O) groups is 1. The Hall–Kier alpha value is -1.99. The smallest absolute Gasteiger partial charge is 0.321 e. The predicted molar refractivity (Wildman–Crippen MR) is 96.4 cm³/mol. The van der Waals surface area contributed by atoms with Crippen LogP contribution in [0.25, 0.3) is 0 Å². The van der Waals surface area contributed by atoms with Gasteiger partial charge < -0.3 is 10.4 Å². The van der Waals surface area contributed by atoms with E-state index in [4.69, 9.17) is 5.11 Å². The van der Waals surface area contributed by atoms with E-state index in [9.17, 15) is 4.79 Å². The van der Waals surface area contributed by atoms with E-state index in [1.807, 2.05) is 25.1 Å². The van der Waals surface area contributed by atoms with E-state index in [-0.39, 0.29) is 24.1 Å². The number of carbonyl (C=O) groups excluding carboxylic acids is 1. The second kappa shape index (κ2) is 8.21. The topological polar surface area (TPSA) is 87.1 Å². The van der Waals surface area contributed by atoms with Crippen LogP contribution < -0.4 is 10.6 Å². The van der Waals surface area contributed by atoms with Gasteiger partial charge in [-0.25, -0.2) is 4.79 Å². The number of nitrogens with zero attached hydrogens (tertiary/aromatic N) is 2. The Morgan fingerprint density at radius 3 is 2.62 bits per heavy atom. The summed E-state index contributed by atoms with van der Waals surface area (Å²) in [6, 6.07) is 9.71. The van der Waals surface area contributed by atoms with Crippen molar-refractivity contribution in [1.82, 2.24) is 15.5 Å². The first kappa shape index (κ1) is 18.4. The van der Waals surface area contributed by atoms with E-state index < -0.39 is 0 Å². The Bertz CT molecular complexity index is 658. The number of rotatable bonds is 7. The van der Waals surface area contributed by atoms with Crippen molar-refractivity contribution < 1.29 is 9.90 Å². The van der Waals surface area contributed by atoms with Crippen LogP contribution in [0.1, 0.15) is 44.2 Å². The molecule has 1 aromatic heterocycles. The fourth-order valence-corrected chi connectivity index (χ4v) is 3.22. The average Bonchev–Trinajstić information content (AvgIpc) is 3.04. The van der Waals surface area contributed by atoms with E-state index in [0.29, 0.717) is 11.6 Å². The molecule has 0 aliphatic heterocycles. The molecule has 2 rings (SSSR count). The summed E-state index contributed by atoms with van der Waals surface area (Å²) in [5, 5.41) is 24.1. The van der Waals surface area contributed by atoms with Gasteiger partial charge in [-0.05, 0) is 32.3 Å². The summed E-state index contributed by atoms with van der Waals surface area (Å²) in [5.74, 6) is 0. The van der Waals surface area contributed by atoms with Gasteiger partial charge in [0.05, 0.1) is 0 Å². The first-order valence-electron chi connectivity index (χ1n) is 8.05. The Kier molecular flexibility index (Phi) is 6.28. The second-order valence-corrected chi connectivity index (χ2v) is 7.10. The summed E-state index contributed by atoms with van der Waals surface area (Å²) >= 11 is 1.37. The zero-order valence-electron chi connectivity index (χ0n) is 14.2. The minimum atomic E-state index is -0.324. The number of hydrogen-bond acceptors (Lipinski definition) is 5. The first-order valence-corrected chi connectivity index (χ1v) is 8.87. The molecular formula is C17H24N4O2S. The van der Waals surface area contributed by atoms with Gasteiger partial charge in [0.1, 0.15) is 5.01 Å². The van der Waals surface area contributed by atoms with Crippen LogP contribution in [0.3, 0.4) is 0 Å². The molecule has 0 saturated carbocycles. The molecule has 0 spiro atoms. The molecule has 1 unspecified atom stereocenters. The maximum Gasteiger partial charge on any atom is 0.321 e.